The van der Waals surface area contributed by atoms with Gasteiger partial charge in [-0.05, 0) is 30.3 Å². The number of halogens is 2. The standard InChI is InChI=1S/C15H10F2N2/c16-12-3-4-14(15(17)8-12)11-5-7-19(10-11)13-2-1-6-18-9-13/h1-10H. The van der Waals surface area contributed by atoms with Crippen LogP contribution in [-0.4, -0.2) is 9.55 Å². The van der Waals surface area contributed by atoms with Crippen LogP contribution in [0.15, 0.2) is 61.2 Å². The number of aromatic nitrogens is 2. The van der Waals surface area contributed by atoms with E-state index in [0.29, 0.717) is 11.1 Å². The Morgan fingerprint density at radius 3 is 2.68 bits per heavy atom. The lowest BCUT2D eigenvalue weighted by Crippen LogP contribution is -1.90. The van der Waals surface area contributed by atoms with E-state index in [1.807, 2.05) is 22.9 Å². The SMILES string of the molecule is Fc1ccc(-c2ccn(-c3cccnc3)c2)c(F)c1. The molecule has 19 heavy (non-hydrogen) atoms. The first kappa shape index (κ1) is 11.6. The van der Waals surface area contributed by atoms with Crippen molar-refractivity contribution in [1.29, 1.82) is 0 Å². The molecule has 3 aromatic rings. The second-order valence-electron chi connectivity index (χ2n) is 4.14. The highest BCUT2D eigenvalue weighted by Gasteiger charge is 2.08. The van der Waals surface area contributed by atoms with E-state index >= 15 is 0 Å². The van der Waals surface area contributed by atoms with Crippen LogP contribution in [0.3, 0.4) is 0 Å². The van der Waals surface area contributed by atoms with Gasteiger partial charge in [0.15, 0.2) is 0 Å². The van der Waals surface area contributed by atoms with E-state index < -0.39 is 11.6 Å². The van der Waals surface area contributed by atoms with Gasteiger partial charge in [-0.3, -0.25) is 4.98 Å². The summed E-state index contributed by atoms with van der Waals surface area (Å²) in [5.74, 6) is -1.14. The summed E-state index contributed by atoms with van der Waals surface area (Å²) in [6.45, 7) is 0. The summed E-state index contributed by atoms with van der Waals surface area (Å²) >= 11 is 0. The number of hydrogen-bond donors (Lipinski definition) is 0. The molecular formula is C15H10F2N2. The molecular weight excluding hydrogens is 246 g/mol. The third-order valence-corrected chi connectivity index (χ3v) is 2.88. The maximum atomic E-state index is 13.7. The highest BCUT2D eigenvalue weighted by molar-refractivity contribution is 5.64. The molecule has 0 unspecified atom stereocenters. The van der Waals surface area contributed by atoms with Gasteiger partial charge in [0.05, 0.1) is 11.9 Å². The van der Waals surface area contributed by atoms with Gasteiger partial charge in [-0.15, -0.1) is 0 Å². The monoisotopic (exact) mass is 256 g/mol. The molecule has 4 heteroatoms. The molecule has 2 aromatic heterocycles. The summed E-state index contributed by atoms with van der Waals surface area (Å²) in [6.07, 6.45) is 7.00. The van der Waals surface area contributed by atoms with E-state index in [9.17, 15) is 8.78 Å². The Kier molecular flexibility index (Phi) is 2.83. The minimum Gasteiger partial charge on any atom is -0.322 e. The second-order valence-corrected chi connectivity index (χ2v) is 4.14. The van der Waals surface area contributed by atoms with Gasteiger partial charge in [-0.1, -0.05) is 0 Å². The van der Waals surface area contributed by atoms with Crippen LogP contribution in [-0.2, 0) is 0 Å². The third kappa shape index (κ3) is 2.25. The summed E-state index contributed by atoms with van der Waals surface area (Å²) in [4.78, 5) is 4.03. The van der Waals surface area contributed by atoms with E-state index in [2.05, 4.69) is 4.98 Å². The van der Waals surface area contributed by atoms with Crippen LogP contribution < -0.4 is 0 Å². The van der Waals surface area contributed by atoms with Crippen molar-refractivity contribution in [2.75, 3.05) is 0 Å². The number of benzene rings is 1. The van der Waals surface area contributed by atoms with Gasteiger partial charge in [0, 0.05) is 35.8 Å². The topological polar surface area (TPSA) is 17.8 Å². The van der Waals surface area contributed by atoms with Gasteiger partial charge in [0.1, 0.15) is 11.6 Å². The molecule has 0 N–H and O–H groups in total. The van der Waals surface area contributed by atoms with Crippen molar-refractivity contribution in [2.45, 2.75) is 0 Å². The lowest BCUT2D eigenvalue weighted by molar-refractivity contribution is 0.585. The quantitative estimate of drug-likeness (QED) is 0.681. The first-order valence-electron chi connectivity index (χ1n) is 5.78. The fourth-order valence-electron chi connectivity index (χ4n) is 1.95. The molecule has 0 aliphatic heterocycles. The smallest absolute Gasteiger partial charge is 0.133 e. The van der Waals surface area contributed by atoms with Crippen molar-refractivity contribution in [3.8, 4) is 16.8 Å². The average Bonchev–Trinajstić information content (AvgIpc) is 2.89. The van der Waals surface area contributed by atoms with Crippen LogP contribution in [0, 0.1) is 11.6 Å². The minimum atomic E-state index is -0.576. The molecule has 0 amide bonds. The van der Waals surface area contributed by atoms with Crippen LogP contribution in [0.5, 0.6) is 0 Å². The molecule has 0 aliphatic rings. The van der Waals surface area contributed by atoms with Gasteiger partial charge in [-0.25, -0.2) is 8.78 Å². The molecule has 3 rings (SSSR count). The third-order valence-electron chi connectivity index (χ3n) is 2.88. The van der Waals surface area contributed by atoms with Gasteiger partial charge in [0.2, 0.25) is 0 Å². The predicted octanol–water partition coefficient (Wildman–Crippen LogP) is 3.82. The van der Waals surface area contributed by atoms with Gasteiger partial charge in [-0.2, -0.15) is 0 Å². The molecule has 0 spiro atoms. The first-order chi connectivity index (χ1) is 9.24. The zero-order chi connectivity index (χ0) is 13.2. The molecule has 0 saturated carbocycles. The van der Waals surface area contributed by atoms with Crippen LogP contribution in [0.25, 0.3) is 16.8 Å². The average molecular weight is 256 g/mol. The van der Waals surface area contributed by atoms with E-state index in [0.717, 1.165) is 11.8 Å². The largest absolute Gasteiger partial charge is 0.322 e. The van der Waals surface area contributed by atoms with Crippen molar-refractivity contribution in [3.63, 3.8) is 0 Å². The summed E-state index contributed by atoms with van der Waals surface area (Å²) in [6, 6.07) is 9.08. The summed E-state index contributed by atoms with van der Waals surface area (Å²) in [5, 5.41) is 0. The molecule has 0 bridgehead atoms. The maximum Gasteiger partial charge on any atom is 0.133 e. The fourth-order valence-corrected chi connectivity index (χ4v) is 1.95. The van der Waals surface area contributed by atoms with Gasteiger partial charge < -0.3 is 4.57 Å². The maximum absolute atomic E-state index is 13.7. The Morgan fingerprint density at radius 1 is 1.05 bits per heavy atom. The molecule has 0 saturated heterocycles. The van der Waals surface area contributed by atoms with Crippen molar-refractivity contribution in [1.82, 2.24) is 9.55 Å². The van der Waals surface area contributed by atoms with Crippen LogP contribution >= 0.6 is 0 Å². The van der Waals surface area contributed by atoms with Crippen molar-refractivity contribution in [3.05, 3.63) is 72.8 Å². The van der Waals surface area contributed by atoms with Crippen molar-refractivity contribution in [2.24, 2.45) is 0 Å². The highest BCUT2D eigenvalue weighted by Crippen LogP contribution is 2.24. The molecule has 2 nitrogen and oxygen atoms in total. The molecule has 2 heterocycles. The van der Waals surface area contributed by atoms with Crippen molar-refractivity contribution < 1.29 is 8.78 Å². The Balaban J connectivity index is 2.02. The van der Waals surface area contributed by atoms with Crippen LogP contribution in [0.2, 0.25) is 0 Å². The van der Waals surface area contributed by atoms with Gasteiger partial charge >= 0.3 is 0 Å². The zero-order valence-electron chi connectivity index (χ0n) is 9.92. The molecule has 0 radical (unpaired) electrons. The van der Waals surface area contributed by atoms with Crippen molar-refractivity contribution >= 4 is 0 Å². The fraction of sp³-hybridized carbons (Fsp3) is 0. The van der Waals surface area contributed by atoms with Crippen LogP contribution in [0.4, 0.5) is 8.78 Å². The summed E-state index contributed by atoms with van der Waals surface area (Å²) < 4.78 is 28.4. The van der Waals surface area contributed by atoms with E-state index in [1.165, 1.54) is 12.1 Å². The predicted molar refractivity (Wildman–Crippen MR) is 68.9 cm³/mol. The van der Waals surface area contributed by atoms with E-state index in [4.69, 9.17) is 0 Å². The lowest BCUT2D eigenvalue weighted by atomic mass is 10.1. The minimum absolute atomic E-state index is 0.379. The van der Waals surface area contributed by atoms with Crippen LogP contribution in [0.1, 0.15) is 0 Å². The Labute approximate surface area is 109 Å². The zero-order valence-corrected chi connectivity index (χ0v) is 9.92. The Morgan fingerprint density at radius 2 is 1.95 bits per heavy atom. The Hall–Kier alpha value is -2.49. The number of nitrogens with zero attached hydrogens (tertiary/aromatic N) is 2. The molecule has 94 valence electrons. The Bertz CT molecular complexity index is 705. The molecule has 1 aromatic carbocycles. The summed E-state index contributed by atoms with van der Waals surface area (Å²) in [7, 11) is 0. The van der Waals surface area contributed by atoms with E-state index in [-0.39, 0.29) is 0 Å². The first-order valence-corrected chi connectivity index (χ1v) is 5.78. The second kappa shape index (κ2) is 4.65. The number of pyridine rings is 1. The molecule has 0 fully saturated rings. The molecule has 0 atom stereocenters. The van der Waals surface area contributed by atoms with E-state index in [1.54, 1.807) is 24.7 Å². The summed E-state index contributed by atoms with van der Waals surface area (Å²) in [5.41, 5.74) is 1.96. The normalized spacial score (nSPS) is 10.6. The highest BCUT2D eigenvalue weighted by atomic mass is 19.1. The lowest BCUT2D eigenvalue weighted by Gasteiger charge is -2.02. The molecule has 0 aliphatic carbocycles. The number of hydrogen-bond acceptors (Lipinski definition) is 1. The van der Waals surface area contributed by atoms with Gasteiger partial charge in [0.25, 0.3) is 0 Å². The number of rotatable bonds is 2.